The van der Waals surface area contributed by atoms with Crippen LogP contribution in [0, 0.1) is 0 Å². The zero-order valence-corrected chi connectivity index (χ0v) is 11.4. The standard InChI is InChI=1S/C12H16BrN3/c1-4-12(2,3)11-15-9-6-7(13)5-8(14)10(9)16-11/h5-6H,4,14H2,1-3H3,(H,15,16). The van der Waals surface area contributed by atoms with Gasteiger partial charge in [0.2, 0.25) is 0 Å². The Bertz CT molecular complexity index is 528. The van der Waals surface area contributed by atoms with Gasteiger partial charge in [0.1, 0.15) is 11.3 Å². The third-order valence-electron chi connectivity index (χ3n) is 3.11. The molecule has 0 saturated carbocycles. The fraction of sp³-hybridized carbons (Fsp3) is 0.417. The number of nitrogens with one attached hydrogen (secondary N) is 1. The zero-order valence-electron chi connectivity index (χ0n) is 9.76. The van der Waals surface area contributed by atoms with Crippen molar-refractivity contribution in [3.8, 4) is 0 Å². The van der Waals surface area contributed by atoms with E-state index >= 15 is 0 Å². The molecular weight excluding hydrogens is 266 g/mol. The Labute approximate surface area is 104 Å². The minimum atomic E-state index is 0.0535. The number of anilines is 1. The molecule has 0 radical (unpaired) electrons. The summed E-state index contributed by atoms with van der Waals surface area (Å²) in [6, 6.07) is 3.89. The van der Waals surface area contributed by atoms with Gasteiger partial charge < -0.3 is 10.7 Å². The van der Waals surface area contributed by atoms with E-state index in [1.165, 1.54) is 0 Å². The van der Waals surface area contributed by atoms with Gasteiger partial charge in [-0.15, -0.1) is 0 Å². The first-order valence-electron chi connectivity index (χ1n) is 5.39. The summed E-state index contributed by atoms with van der Waals surface area (Å²) in [6.45, 7) is 6.51. The molecule has 1 aromatic heterocycles. The maximum atomic E-state index is 5.94. The van der Waals surface area contributed by atoms with E-state index < -0.39 is 0 Å². The highest BCUT2D eigenvalue weighted by atomic mass is 79.9. The summed E-state index contributed by atoms with van der Waals surface area (Å²) in [4.78, 5) is 7.94. The second-order valence-corrected chi connectivity index (χ2v) is 5.63. The largest absolute Gasteiger partial charge is 0.397 e. The average Bonchev–Trinajstić information content (AvgIpc) is 2.62. The summed E-state index contributed by atoms with van der Waals surface area (Å²) in [5, 5.41) is 0. The van der Waals surface area contributed by atoms with Crippen molar-refractivity contribution in [3.63, 3.8) is 0 Å². The molecule has 3 N–H and O–H groups in total. The Balaban J connectivity index is 2.65. The van der Waals surface area contributed by atoms with Crippen LogP contribution >= 0.6 is 15.9 Å². The molecule has 86 valence electrons. The van der Waals surface area contributed by atoms with Crippen LogP contribution in [0.1, 0.15) is 33.0 Å². The summed E-state index contributed by atoms with van der Waals surface area (Å²) < 4.78 is 0.974. The van der Waals surface area contributed by atoms with Crippen molar-refractivity contribution in [2.45, 2.75) is 32.6 Å². The first-order valence-corrected chi connectivity index (χ1v) is 6.18. The molecule has 0 aliphatic carbocycles. The minimum absolute atomic E-state index is 0.0535. The summed E-state index contributed by atoms with van der Waals surface area (Å²) in [5.41, 5.74) is 8.55. The number of rotatable bonds is 2. The van der Waals surface area contributed by atoms with E-state index in [1.807, 2.05) is 12.1 Å². The van der Waals surface area contributed by atoms with Crippen LogP contribution in [-0.2, 0) is 5.41 Å². The Morgan fingerprint density at radius 1 is 1.44 bits per heavy atom. The first kappa shape index (κ1) is 11.5. The summed E-state index contributed by atoms with van der Waals surface area (Å²) >= 11 is 3.43. The number of fused-ring (bicyclic) bond motifs is 1. The third kappa shape index (κ3) is 1.82. The van der Waals surface area contributed by atoms with E-state index in [1.54, 1.807) is 0 Å². The van der Waals surface area contributed by atoms with Crippen molar-refractivity contribution in [2.24, 2.45) is 0 Å². The first-order chi connectivity index (χ1) is 7.44. The van der Waals surface area contributed by atoms with Gasteiger partial charge in [-0.05, 0) is 18.6 Å². The fourth-order valence-corrected chi connectivity index (χ4v) is 2.07. The molecule has 0 spiro atoms. The molecule has 0 amide bonds. The van der Waals surface area contributed by atoms with Crippen molar-refractivity contribution >= 4 is 32.7 Å². The molecule has 3 nitrogen and oxygen atoms in total. The van der Waals surface area contributed by atoms with Crippen LogP contribution in [0.2, 0.25) is 0 Å². The number of aromatic amines is 1. The molecule has 0 aliphatic rings. The number of benzene rings is 1. The number of hydrogen-bond donors (Lipinski definition) is 2. The van der Waals surface area contributed by atoms with Crippen molar-refractivity contribution < 1.29 is 0 Å². The highest BCUT2D eigenvalue weighted by molar-refractivity contribution is 9.10. The number of hydrogen-bond acceptors (Lipinski definition) is 2. The SMILES string of the molecule is CCC(C)(C)c1nc2c(N)cc(Br)cc2[nH]1. The number of aromatic nitrogens is 2. The quantitative estimate of drug-likeness (QED) is 0.827. The zero-order chi connectivity index (χ0) is 11.9. The topological polar surface area (TPSA) is 54.7 Å². The number of halogens is 1. The number of H-pyrrole nitrogens is 1. The fourth-order valence-electron chi connectivity index (χ4n) is 1.60. The van der Waals surface area contributed by atoms with Gasteiger partial charge in [-0.2, -0.15) is 0 Å². The average molecular weight is 282 g/mol. The van der Waals surface area contributed by atoms with Gasteiger partial charge in [-0.3, -0.25) is 0 Å². The van der Waals surface area contributed by atoms with Crippen LogP contribution in [0.3, 0.4) is 0 Å². The molecule has 2 rings (SSSR count). The van der Waals surface area contributed by atoms with Crippen LogP contribution in [0.4, 0.5) is 5.69 Å². The van der Waals surface area contributed by atoms with E-state index in [9.17, 15) is 0 Å². The van der Waals surface area contributed by atoms with Gasteiger partial charge in [-0.1, -0.05) is 36.7 Å². The van der Waals surface area contributed by atoms with Gasteiger partial charge in [0.05, 0.1) is 11.2 Å². The Kier molecular flexibility index (Phi) is 2.70. The van der Waals surface area contributed by atoms with Crippen LogP contribution < -0.4 is 5.73 Å². The van der Waals surface area contributed by atoms with Gasteiger partial charge in [0.15, 0.2) is 0 Å². The second-order valence-electron chi connectivity index (χ2n) is 4.71. The smallest absolute Gasteiger partial charge is 0.113 e. The molecular formula is C12H16BrN3. The Hall–Kier alpha value is -1.03. The lowest BCUT2D eigenvalue weighted by molar-refractivity contribution is 0.479. The lowest BCUT2D eigenvalue weighted by Crippen LogP contribution is -2.17. The molecule has 0 fully saturated rings. The van der Waals surface area contributed by atoms with Crippen LogP contribution in [0.5, 0.6) is 0 Å². The van der Waals surface area contributed by atoms with Gasteiger partial charge in [0.25, 0.3) is 0 Å². The normalized spacial score (nSPS) is 12.2. The number of nitrogens with zero attached hydrogens (tertiary/aromatic N) is 1. The van der Waals surface area contributed by atoms with E-state index in [0.29, 0.717) is 5.69 Å². The Morgan fingerprint density at radius 2 is 2.12 bits per heavy atom. The molecule has 0 unspecified atom stereocenters. The number of imidazole rings is 1. The van der Waals surface area contributed by atoms with Crippen molar-refractivity contribution in [1.29, 1.82) is 0 Å². The molecule has 0 saturated heterocycles. The van der Waals surface area contributed by atoms with E-state index in [2.05, 4.69) is 46.7 Å². The van der Waals surface area contributed by atoms with Gasteiger partial charge in [0, 0.05) is 9.89 Å². The van der Waals surface area contributed by atoms with E-state index in [-0.39, 0.29) is 5.41 Å². The summed E-state index contributed by atoms with van der Waals surface area (Å²) in [7, 11) is 0. The monoisotopic (exact) mass is 281 g/mol. The predicted octanol–water partition coefficient (Wildman–Crippen LogP) is 3.60. The number of nitrogen functional groups attached to an aromatic ring is 1. The second kappa shape index (κ2) is 3.77. The van der Waals surface area contributed by atoms with Crippen molar-refractivity contribution in [3.05, 3.63) is 22.4 Å². The van der Waals surface area contributed by atoms with Crippen molar-refractivity contribution in [1.82, 2.24) is 9.97 Å². The van der Waals surface area contributed by atoms with E-state index in [4.69, 9.17) is 5.73 Å². The highest BCUT2D eigenvalue weighted by Crippen LogP contribution is 2.30. The molecule has 4 heteroatoms. The maximum Gasteiger partial charge on any atom is 0.113 e. The van der Waals surface area contributed by atoms with Gasteiger partial charge >= 0.3 is 0 Å². The minimum Gasteiger partial charge on any atom is -0.397 e. The lowest BCUT2D eigenvalue weighted by Gasteiger charge is -2.18. The highest BCUT2D eigenvalue weighted by Gasteiger charge is 2.22. The molecule has 1 aromatic carbocycles. The summed E-state index contributed by atoms with van der Waals surface area (Å²) in [5.74, 6) is 0.995. The van der Waals surface area contributed by atoms with Crippen molar-refractivity contribution in [2.75, 3.05) is 5.73 Å². The predicted molar refractivity (Wildman–Crippen MR) is 71.5 cm³/mol. The molecule has 0 atom stereocenters. The number of nitrogens with two attached hydrogens (primary N) is 1. The molecule has 0 bridgehead atoms. The van der Waals surface area contributed by atoms with E-state index in [0.717, 1.165) is 27.8 Å². The van der Waals surface area contributed by atoms with Crippen LogP contribution in [0.15, 0.2) is 16.6 Å². The third-order valence-corrected chi connectivity index (χ3v) is 3.56. The molecule has 16 heavy (non-hydrogen) atoms. The molecule has 2 aromatic rings. The van der Waals surface area contributed by atoms with Gasteiger partial charge in [-0.25, -0.2) is 4.98 Å². The summed E-state index contributed by atoms with van der Waals surface area (Å²) in [6.07, 6.45) is 1.04. The van der Waals surface area contributed by atoms with Crippen LogP contribution in [-0.4, -0.2) is 9.97 Å². The molecule has 0 aliphatic heterocycles. The molecule has 1 heterocycles. The lowest BCUT2D eigenvalue weighted by atomic mass is 9.90. The van der Waals surface area contributed by atoms with Crippen LogP contribution in [0.25, 0.3) is 11.0 Å². The maximum absolute atomic E-state index is 5.94. The Morgan fingerprint density at radius 3 is 2.75 bits per heavy atom.